The number of anilines is 1. The molecule has 0 aliphatic heterocycles. The van der Waals surface area contributed by atoms with Gasteiger partial charge in [-0.25, -0.2) is 8.42 Å². The standard InChI is InChI=1S/C18H30N2O3S/c1-13(2)12-19-17(21)10-11-20(24(6,22)23)18-15(5)8-7-9-16(18)14(3)4/h7-9,13-14H,10-12H2,1-6H3,(H,19,21). The summed E-state index contributed by atoms with van der Waals surface area (Å²) in [4.78, 5) is 12.0. The highest BCUT2D eigenvalue weighted by Gasteiger charge is 2.23. The van der Waals surface area contributed by atoms with Gasteiger partial charge in [-0.05, 0) is 29.9 Å². The quantitative estimate of drug-likeness (QED) is 0.780. The van der Waals surface area contributed by atoms with Gasteiger partial charge in [0.2, 0.25) is 15.9 Å². The second-order valence-corrected chi connectivity index (χ2v) is 8.86. The van der Waals surface area contributed by atoms with Crippen molar-refractivity contribution in [2.45, 2.75) is 47.0 Å². The maximum atomic E-state index is 12.3. The van der Waals surface area contributed by atoms with Crippen molar-refractivity contribution in [2.75, 3.05) is 23.7 Å². The summed E-state index contributed by atoms with van der Waals surface area (Å²) in [6, 6.07) is 5.78. The zero-order valence-electron chi connectivity index (χ0n) is 15.6. The predicted octanol–water partition coefficient (Wildman–Crippen LogP) is 3.05. The van der Waals surface area contributed by atoms with E-state index in [0.717, 1.165) is 11.1 Å². The van der Waals surface area contributed by atoms with E-state index in [9.17, 15) is 13.2 Å². The number of carbonyl (C=O) groups excluding carboxylic acids is 1. The van der Waals surface area contributed by atoms with Crippen LogP contribution in [0.4, 0.5) is 5.69 Å². The molecule has 0 spiro atoms. The van der Waals surface area contributed by atoms with E-state index in [1.807, 2.05) is 52.8 Å². The molecule has 6 heteroatoms. The summed E-state index contributed by atoms with van der Waals surface area (Å²) in [5.41, 5.74) is 2.57. The lowest BCUT2D eigenvalue weighted by Crippen LogP contribution is -2.36. The summed E-state index contributed by atoms with van der Waals surface area (Å²) in [5.74, 6) is 0.430. The molecule has 0 aliphatic carbocycles. The Morgan fingerprint density at radius 3 is 2.33 bits per heavy atom. The van der Waals surface area contributed by atoms with Crippen LogP contribution in [0.15, 0.2) is 18.2 Å². The van der Waals surface area contributed by atoms with Crippen LogP contribution in [-0.2, 0) is 14.8 Å². The van der Waals surface area contributed by atoms with Crippen molar-refractivity contribution in [1.29, 1.82) is 0 Å². The van der Waals surface area contributed by atoms with Gasteiger partial charge in [-0.3, -0.25) is 9.10 Å². The third-order valence-electron chi connectivity index (χ3n) is 3.79. The molecule has 0 aliphatic rings. The molecule has 1 amide bonds. The van der Waals surface area contributed by atoms with Crippen LogP contribution in [0.5, 0.6) is 0 Å². The summed E-state index contributed by atoms with van der Waals surface area (Å²) in [6.07, 6.45) is 1.33. The molecule has 0 bridgehead atoms. The number of hydrogen-bond donors (Lipinski definition) is 1. The van der Waals surface area contributed by atoms with Crippen LogP contribution in [0.1, 0.15) is 51.2 Å². The van der Waals surface area contributed by atoms with Crippen molar-refractivity contribution in [1.82, 2.24) is 5.32 Å². The van der Waals surface area contributed by atoms with E-state index >= 15 is 0 Å². The van der Waals surface area contributed by atoms with Crippen LogP contribution in [-0.4, -0.2) is 33.7 Å². The van der Waals surface area contributed by atoms with Crippen molar-refractivity contribution in [3.8, 4) is 0 Å². The molecule has 0 atom stereocenters. The van der Waals surface area contributed by atoms with Crippen LogP contribution >= 0.6 is 0 Å². The first-order chi connectivity index (χ1) is 11.0. The monoisotopic (exact) mass is 354 g/mol. The minimum Gasteiger partial charge on any atom is -0.356 e. The molecule has 1 aromatic carbocycles. The Balaban J connectivity index is 3.07. The van der Waals surface area contributed by atoms with Gasteiger partial charge in [-0.1, -0.05) is 45.9 Å². The van der Waals surface area contributed by atoms with Crippen LogP contribution < -0.4 is 9.62 Å². The van der Waals surface area contributed by atoms with Gasteiger partial charge in [0.15, 0.2) is 0 Å². The second-order valence-electron chi connectivity index (χ2n) is 6.95. The number of para-hydroxylation sites is 1. The van der Waals surface area contributed by atoms with E-state index in [-0.39, 0.29) is 24.8 Å². The molecule has 0 aromatic heterocycles. The van der Waals surface area contributed by atoms with E-state index in [2.05, 4.69) is 5.32 Å². The van der Waals surface area contributed by atoms with Gasteiger partial charge in [0, 0.05) is 19.5 Å². The summed E-state index contributed by atoms with van der Waals surface area (Å²) >= 11 is 0. The molecule has 5 nitrogen and oxygen atoms in total. The lowest BCUT2D eigenvalue weighted by molar-refractivity contribution is -0.121. The number of benzene rings is 1. The van der Waals surface area contributed by atoms with Gasteiger partial charge in [0.05, 0.1) is 11.9 Å². The van der Waals surface area contributed by atoms with E-state index < -0.39 is 10.0 Å². The Bertz CT molecular complexity index is 667. The third-order valence-corrected chi connectivity index (χ3v) is 4.96. The Kier molecular flexibility index (Phi) is 7.27. The van der Waals surface area contributed by atoms with Gasteiger partial charge in [-0.2, -0.15) is 0 Å². The van der Waals surface area contributed by atoms with Gasteiger partial charge in [0.1, 0.15) is 0 Å². The molecule has 0 heterocycles. The molecule has 0 saturated heterocycles. The maximum Gasteiger partial charge on any atom is 0.232 e. The first-order valence-corrected chi connectivity index (χ1v) is 10.2. The number of carbonyl (C=O) groups is 1. The number of nitrogens with one attached hydrogen (secondary N) is 1. The van der Waals surface area contributed by atoms with Crippen molar-refractivity contribution < 1.29 is 13.2 Å². The number of rotatable bonds is 8. The Labute approximate surface area is 146 Å². The van der Waals surface area contributed by atoms with E-state index in [1.54, 1.807) is 0 Å². The van der Waals surface area contributed by atoms with E-state index in [1.165, 1.54) is 10.6 Å². The van der Waals surface area contributed by atoms with E-state index in [0.29, 0.717) is 18.2 Å². The molecule has 24 heavy (non-hydrogen) atoms. The Morgan fingerprint density at radius 1 is 1.21 bits per heavy atom. The minimum atomic E-state index is -3.47. The molecule has 0 fully saturated rings. The van der Waals surface area contributed by atoms with Gasteiger partial charge in [0.25, 0.3) is 0 Å². The fraction of sp³-hybridized carbons (Fsp3) is 0.611. The topological polar surface area (TPSA) is 66.5 Å². The molecule has 1 rings (SSSR count). The number of nitrogens with zero attached hydrogens (tertiary/aromatic N) is 1. The third kappa shape index (κ3) is 5.82. The second kappa shape index (κ2) is 8.51. The highest BCUT2D eigenvalue weighted by Crippen LogP contribution is 2.32. The van der Waals surface area contributed by atoms with Gasteiger partial charge >= 0.3 is 0 Å². The van der Waals surface area contributed by atoms with Crippen LogP contribution in [0, 0.1) is 12.8 Å². The van der Waals surface area contributed by atoms with Gasteiger partial charge < -0.3 is 5.32 Å². The molecule has 1 aromatic rings. The number of aryl methyl sites for hydroxylation is 1. The smallest absolute Gasteiger partial charge is 0.232 e. The van der Waals surface area contributed by atoms with Crippen molar-refractivity contribution >= 4 is 21.6 Å². The number of sulfonamides is 1. The predicted molar refractivity (Wildman–Crippen MR) is 99.9 cm³/mol. The van der Waals surface area contributed by atoms with Crippen molar-refractivity contribution in [2.24, 2.45) is 5.92 Å². The first kappa shape index (κ1) is 20.5. The molecular weight excluding hydrogens is 324 g/mol. The SMILES string of the molecule is Cc1cccc(C(C)C)c1N(CCC(=O)NCC(C)C)S(C)(=O)=O. The molecule has 136 valence electrons. The van der Waals surface area contributed by atoms with Crippen LogP contribution in [0.2, 0.25) is 0 Å². The Hall–Kier alpha value is -1.56. The van der Waals surface area contributed by atoms with Crippen molar-refractivity contribution in [3.63, 3.8) is 0 Å². The highest BCUT2D eigenvalue weighted by molar-refractivity contribution is 7.92. The average Bonchev–Trinajstić information content (AvgIpc) is 2.45. The summed E-state index contributed by atoms with van der Waals surface area (Å²) in [5, 5.41) is 2.83. The maximum absolute atomic E-state index is 12.3. The summed E-state index contributed by atoms with van der Waals surface area (Å²) in [7, 11) is -3.47. The lowest BCUT2D eigenvalue weighted by Gasteiger charge is -2.28. The molecular formula is C18H30N2O3S. The minimum absolute atomic E-state index is 0.128. The Morgan fingerprint density at radius 2 is 1.83 bits per heavy atom. The fourth-order valence-electron chi connectivity index (χ4n) is 2.54. The zero-order chi connectivity index (χ0) is 18.5. The van der Waals surface area contributed by atoms with Crippen LogP contribution in [0.25, 0.3) is 0 Å². The van der Waals surface area contributed by atoms with Crippen molar-refractivity contribution in [3.05, 3.63) is 29.3 Å². The largest absolute Gasteiger partial charge is 0.356 e. The molecule has 0 unspecified atom stereocenters. The summed E-state index contributed by atoms with van der Waals surface area (Å²) < 4.78 is 26.0. The highest BCUT2D eigenvalue weighted by atomic mass is 32.2. The van der Waals surface area contributed by atoms with Gasteiger partial charge in [-0.15, -0.1) is 0 Å². The van der Waals surface area contributed by atoms with Crippen LogP contribution in [0.3, 0.4) is 0 Å². The molecule has 0 radical (unpaired) electrons. The zero-order valence-corrected chi connectivity index (χ0v) is 16.4. The number of amides is 1. The first-order valence-electron chi connectivity index (χ1n) is 8.38. The molecule has 0 saturated carbocycles. The lowest BCUT2D eigenvalue weighted by atomic mass is 9.98. The average molecular weight is 355 g/mol. The normalized spacial score (nSPS) is 11.8. The van der Waals surface area contributed by atoms with E-state index in [4.69, 9.17) is 0 Å². The number of hydrogen-bond acceptors (Lipinski definition) is 3. The summed E-state index contributed by atoms with van der Waals surface area (Å²) in [6.45, 7) is 10.8. The molecule has 1 N–H and O–H groups in total. The fourth-order valence-corrected chi connectivity index (χ4v) is 3.55.